The largest absolute Gasteiger partial charge is 0.411 e. The Hall–Kier alpha value is -2.67. The van der Waals surface area contributed by atoms with Crippen LogP contribution in [0.15, 0.2) is 64.5 Å². The van der Waals surface area contributed by atoms with Crippen LogP contribution in [0.3, 0.4) is 0 Å². The van der Waals surface area contributed by atoms with Gasteiger partial charge in [-0.25, -0.2) is 0 Å². The Balaban J connectivity index is 1.28. The molecule has 0 radical (unpaired) electrons. The van der Waals surface area contributed by atoms with Gasteiger partial charge in [-0.15, -0.1) is 10.2 Å². The van der Waals surface area contributed by atoms with Crippen molar-refractivity contribution in [2.45, 2.75) is 36.7 Å². The summed E-state index contributed by atoms with van der Waals surface area (Å²) < 4.78 is 5.70. The van der Waals surface area contributed by atoms with Crippen molar-refractivity contribution in [2.24, 2.45) is 5.92 Å². The number of benzene rings is 1. The first kappa shape index (κ1) is 19.6. The van der Waals surface area contributed by atoms with E-state index in [4.69, 9.17) is 4.42 Å². The van der Waals surface area contributed by atoms with Crippen LogP contribution in [0.4, 0.5) is 0 Å². The molecule has 0 bridgehead atoms. The molecule has 0 saturated carbocycles. The van der Waals surface area contributed by atoms with Gasteiger partial charge in [0.15, 0.2) is 0 Å². The molecule has 150 valence electrons. The fraction of sp³-hybridized carbons (Fsp3) is 0.364. The Morgan fingerprint density at radius 2 is 1.86 bits per heavy atom. The number of piperidine rings is 1. The molecule has 1 saturated heterocycles. The molecule has 1 atom stereocenters. The van der Waals surface area contributed by atoms with Gasteiger partial charge in [0.2, 0.25) is 11.8 Å². The van der Waals surface area contributed by atoms with Crippen LogP contribution in [-0.2, 0) is 11.2 Å². The minimum Gasteiger partial charge on any atom is -0.411 e. The van der Waals surface area contributed by atoms with E-state index in [1.54, 1.807) is 12.4 Å². The molecule has 1 unspecified atom stereocenters. The summed E-state index contributed by atoms with van der Waals surface area (Å²) in [4.78, 5) is 18.8. The van der Waals surface area contributed by atoms with Crippen molar-refractivity contribution >= 4 is 17.7 Å². The predicted octanol–water partition coefficient (Wildman–Crippen LogP) is 4.09. The molecule has 3 aromatic rings. The summed E-state index contributed by atoms with van der Waals surface area (Å²) >= 11 is 1.32. The molecule has 29 heavy (non-hydrogen) atoms. The van der Waals surface area contributed by atoms with E-state index in [1.165, 1.54) is 17.3 Å². The lowest BCUT2D eigenvalue weighted by Crippen LogP contribution is -2.42. The first-order chi connectivity index (χ1) is 14.2. The van der Waals surface area contributed by atoms with Crippen LogP contribution in [0.25, 0.3) is 11.5 Å². The molecule has 1 aromatic carbocycles. The Labute approximate surface area is 174 Å². The maximum atomic E-state index is 12.9. The zero-order valence-electron chi connectivity index (χ0n) is 16.4. The van der Waals surface area contributed by atoms with Crippen molar-refractivity contribution in [3.05, 3.63) is 60.4 Å². The van der Waals surface area contributed by atoms with Crippen molar-refractivity contribution < 1.29 is 9.21 Å². The van der Waals surface area contributed by atoms with E-state index < -0.39 is 0 Å². The molecule has 1 aliphatic rings. The molecular weight excluding hydrogens is 384 g/mol. The number of thioether (sulfide) groups is 1. The number of hydrogen-bond acceptors (Lipinski definition) is 6. The summed E-state index contributed by atoms with van der Waals surface area (Å²) in [6.07, 6.45) is 6.54. The van der Waals surface area contributed by atoms with E-state index in [1.807, 2.05) is 30.0 Å². The first-order valence-electron chi connectivity index (χ1n) is 9.92. The second-order valence-electron chi connectivity index (χ2n) is 7.33. The maximum absolute atomic E-state index is 12.9. The number of pyridine rings is 1. The van der Waals surface area contributed by atoms with E-state index in [9.17, 15) is 4.79 Å². The first-order valence-corrected chi connectivity index (χ1v) is 10.8. The Morgan fingerprint density at radius 3 is 2.59 bits per heavy atom. The monoisotopic (exact) mass is 408 g/mol. The van der Waals surface area contributed by atoms with Crippen molar-refractivity contribution in [2.75, 3.05) is 13.1 Å². The van der Waals surface area contributed by atoms with Gasteiger partial charge in [0.1, 0.15) is 0 Å². The van der Waals surface area contributed by atoms with Crippen molar-refractivity contribution in [1.29, 1.82) is 0 Å². The minimum atomic E-state index is -0.258. The molecule has 0 aliphatic carbocycles. The standard InChI is InChI=1S/C22H24N4O2S/c1-16(29-22-25-24-20(28-22)19-7-11-23-12-8-19)21(27)26-13-9-18(10-14-26)15-17-5-3-2-4-6-17/h2-8,11-12,16,18H,9-10,13-15H2,1H3. The topological polar surface area (TPSA) is 72.1 Å². The molecule has 0 N–H and O–H groups in total. The van der Waals surface area contributed by atoms with Gasteiger partial charge in [0.25, 0.3) is 5.22 Å². The van der Waals surface area contributed by atoms with Crippen LogP contribution in [0.5, 0.6) is 0 Å². The summed E-state index contributed by atoms with van der Waals surface area (Å²) in [7, 11) is 0. The molecule has 1 amide bonds. The highest BCUT2D eigenvalue weighted by molar-refractivity contribution is 8.00. The van der Waals surface area contributed by atoms with Gasteiger partial charge in [-0.3, -0.25) is 9.78 Å². The Morgan fingerprint density at radius 1 is 1.14 bits per heavy atom. The van der Waals surface area contributed by atoms with Crippen molar-refractivity contribution in [1.82, 2.24) is 20.1 Å². The molecule has 2 aromatic heterocycles. The van der Waals surface area contributed by atoms with Gasteiger partial charge >= 0.3 is 0 Å². The molecule has 1 aliphatic heterocycles. The third kappa shape index (κ3) is 5.03. The van der Waals surface area contributed by atoms with Crippen LogP contribution in [0.1, 0.15) is 25.3 Å². The van der Waals surface area contributed by atoms with E-state index in [2.05, 4.69) is 39.4 Å². The van der Waals surface area contributed by atoms with Gasteiger partial charge in [-0.05, 0) is 49.8 Å². The lowest BCUT2D eigenvalue weighted by Gasteiger charge is -2.33. The van der Waals surface area contributed by atoms with E-state index >= 15 is 0 Å². The molecule has 0 spiro atoms. The molecule has 7 heteroatoms. The highest BCUT2D eigenvalue weighted by atomic mass is 32.2. The van der Waals surface area contributed by atoms with Crippen LogP contribution in [-0.4, -0.2) is 44.3 Å². The molecular formula is C22H24N4O2S. The third-order valence-corrected chi connectivity index (χ3v) is 6.17. The van der Waals surface area contributed by atoms with E-state index in [0.29, 0.717) is 17.0 Å². The SMILES string of the molecule is CC(Sc1nnc(-c2ccncc2)o1)C(=O)N1CCC(Cc2ccccc2)CC1. The number of likely N-dealkylation sites (tertiary alicyclic amines) is 1. The van der Waals surface area contributed by atoms with Crippen molar-refractivity contribution in [3.63, 3.8) is 0 Å². The average molecular weight is 409 g/mol. The Bertz CT molecular complexity index is 924. The number of hydrogen-bond donors (Lipinski definition) is 0. The Kier molecular flexibility index (Phi) is 6.24. The third-order valence-electron chi connectivity index (χ3n) is 5.25. The summed E-state index contributed by atoms with van der Waals surface area (Å²) in [6.45, 7) is 3.53. The van der Waals surface area contributed by atoms with Gasteiger partial charge in [-0.2, -0.15) is 0 Å². The van der Waals surface area contributed by atoms with Gasteiger partial charge in [0.05, 0.1) is 5.25 Å². The zero-order chi connectivity index (χ0) is 20.1. The molecule has 3 heterocycles. The minimum absolute atomic E-state index is 0.136. The van der Waals surface area contributed by atoms with Crippen LogP contribution in [0, 0.1) is 5.92 Å². The number of rotatable bonds is 6. The maximum Gasteiger partial charge on any atom is 0.277 e. The van der Waals surface area contributed by atoms with Crippen LogP contribution >= 0.6 is 11.8 Å². The molecule has 1 fully saturated rings. The predicted molar refractivity (Wildman–Crippen MR) is 112 cm³/mol. The van der Waals surface area contributed by atoms with Crippen molar-refractivity contribution in [3.8, 4) is 11.5 Å². The fourth-order valence-corrected chi connectivity index (χ4v) is 4.40. The molecule has 4 rings (SSSR count). The number of nitrogens with zero attached hydrogens (tertiary/aromatic N) is 4. The van der Waals surface area contributed by atoms with Crippen LogP contribution in [0.2, 0.25) is 0 Å². The summed E-state index contributed by atoms with van der Waals surface area (Å²) in [5, 5.41) is 8.30. The normalized spacial score (nSPS) is 16.0. The van der Waals surface area contributed by atoms with Gasteiger partial charge in [0, 0.05) is 31.0 Å². The van der Waals surface area contributed by atoms with E-state index in [0.717, 1.165) is 37.9 Å². The zero-order valence-corrected chi connectivity index (χ0v) is 17.2. The lowest BCUT2D eigenvalue weighted by atomic mass is 9.90. The number of carbonyl (C=O) groups is 1. The highest BCUT2D eigenvalue weighted by Gasteiger charge is 2.27. The number of amides is 1. The summed E-state index contributed by atoms with van der Waals surface area (Å²) in [6, 6.07) is 14.2. The highest BCUT2D eigenvalue weighted by Crippen LogP contribution is 2.28. The van der Waals surface area contributed by atoms with Gasteiger partial charge < -0.3 is 9.32 Å². The lowest BCUT2D eigenvalue weighted by molar-refractivity contribution is -0.131. The average Bonchev–Trinajstić information content (AvgIpc) is 3.23. The van der Waals surface area contributed by atoms with E-state index in [-0.39, 0.29) is 11.2 Å². The second-order valence-corrected chi connectivity index (χ2v) is 8.62. The van der Waals surface area contributed by atoms with Crippen LogP contribution < -0.4 is 0 Å². The van der Waals surface area contributed by atoms with Gasteiger partial charge in [-0.1, -0.05) is 42.1 Å². The quantitative estimate of drug-likeness (QED) is 0.572. The number of carbonyl (C=O) groups excluding carboxylic acids is 1. The summed E-state index contributed by atoms with van der Waals surface area (Å²) in [5.74, 6) is 1.22. The fourth-order valence-electron chi connectivity index (χ4n) is 3.63. The molecule has 6 nitrogen and oxygen atoms in total. The second kappa shape index (κ2) is 9.22. The number of aromatic nitrogens is 3. The smallest absolute Gasteiger partial charge is 0.277 e. The summed E-state index contributed by atoms with van der Waals surface area (Å²) in [5.41, 5.74) is 2.20.